The molecule has 0 radical (unpaired) electrons. The lowest BCUT2D eigenvalue weighted by Gasteiger charge is -2.27. The number of halogens is 1. The Morgan fingerprint density at radius 3 is 2.65 bits per heavy atom. The van der Waals surface area contributed by atoms with Crippen LogP contribution in [-0.2, 0) is 22.3 Å². The smallest absolute Gasteiger partial charge is 0.225 e. The zero-order chi connectivity index (χ0) is 18.6. The Labute approximate surface area is 153 Å². The van der Waals surface area contributed by atoms with Gasteiger partial charge >= 0.3 is 0 Å². The second kappa shape index (κ2) is 8.09. The fraction of sp³-hybridized carbons (Fsp3) is 0.444. The number of aryl methyl sites for hydroxylation is 1. The second-order valence-electron chi connectivity index (χ2n) is 6.56. The van der Waals surface area contributed by atoms with Gasteiger partial charge in [-0.25, -0.2) is 27.5 Å². The lowest BCUT2D eigenvalue weighted by molar-refractivity contribution is 0.565. The van der Waals surface area contributed by atoms with Crippen molar-refractivity contribution in [1.29, 1.82) is 0 Å². The van der Waals surface area contributed by atoms with Crippen LogP contribution in [0.4, 0.5) is 10.3 Å². The van der Waals surface area contributed by atoms with Gasteiger partial charge < -0.3 is 4.90 Å². The van der Waals surface area contributed by atoms with Gasteiger partial charge in [-0.05, 0) is 49.9 Å². The molecule has 1 aromatic heterocycles. The molecule has 0 bridgehead atoms. The maximum absolute atomic E-state index is 13.2. The molecule has 0 unspecified atom stereocenters. The molecule has 1 aliphatic rings. The third-order valence-electron chi connectivity index (χ3n) is 4.25. The summed E-state index contributed by atoms with van der Waals surface area (Å²) in [5.41, 5.74) is 1.84. The first-order valence-electron chi connectivity index (χ1n) is 8.72. The molecule has 2 aromatic rings. The Morgan fingerprint density at radius 2 is 1.92 bits per heavy atom. The van der Waals surface area contributed by atoms with E-state index >= 15 is 0 Å². The zero-order valence-electron chi connectivity index (χ0n) is 14.8. The van der Waals surface area contributed by atoms with Crippen LogP contribution in [-0.4, -0.2) is 31.5 Å². The Morgan fingerprint density at radius 1 is 1.15 bits per heavy atom. The van der Waals surface area contributed by atoms with E-state index in [0.717, 1.165) is 31.6 Å². The molecule has 1 N–H and O–H groups in total. The average Bonchev–Trinajstić information content (AvgIpc) is 2.60. The highest BCUT2D eigenvalue weighted by Crippen LogP contribution is 2.17. The Bertz CT molecular complexity index is 867. The molecule has 1 saturated heterocycles. The summed E-state index contributed by atoms with van der Waals surface area (Å²) in [4.78, 5) is 11.1. The number of rotatable bonds is 6. The van der Waals surface area contributed by atoms with Gasteiger partial charge in [-0.2, -0.15) is 0 Å². The van der Waals surface area contributed by atoms with Gasteiger partial charge in [0.05, 0.1) is 18.0 Å². The molecule has 6 nitrogen and oxygen atoms in total. The minimum absolute atomic E-state index is 0.0852. The highest BCUT2D eigenvalue weighted by atomic mass is 32.2. The third-order valence-corrected chi connectivity index (χ3v) is 5.55. The molecule has 1 fully saturated rings. The van der Waals surface area contributed by atoms with Crippen molar-refractivity contribution in [2.75, 3.05) is 18.0 Å². The lowest BCUT2D eigenvalue weighted by atomic mass is 10.1. The van der Waals surface area contributed by atoms with Crippen molar-refractivity contribution in [1.82, 2.24) is 14.7 Å². The normalized spacial score (nSPS) is 15.2. The Hall–Kier alpha value is -2.06. The number of anilines is 1. The van der Waals surface area contributed by atoms with E-state index in [0.29, 0.717) is 17.2 Å². The van der Waals surface area contributed by atoms with Crippen LogP contribution in [0.1, 0.15) is 36.2 Å². The fourth-order valence-corrected chi connectivity index (χ4v) is 4.11. The van der Waals surface area contributed by atoms with Crippen LogP contribution in [0.3, 0.4) is 0 Å². The molecule has 0 spiro atoms. The fourth-order valence-electron chi connectivity index (χ4n) is 3.02. The van der Waals surface area contributed by atoms with E-state index in [-0.39, 0.29) is 12.3 Å². The number of piperidine rings is 1. The first-order valence-corrected chi connectivity index (χ1v) is 10.4. The Kier molecular flexibility index (Phi) is 5.83. The molecule has 0 saturated carbocycles. The SMILES string of the molecule is Cc1cc(CNS(=O)(=O)Cc2cccc(F)c2)nc(N2CCCCC2)n1. The van der Waals surface area contributed by atoms with Gasteiger partial charge in [0.25, 0.3) is 0 Å². The van der Waals surface area contributed by atoms with Crippen LogP contribution < -0.4 is 9.62 Å². The predicted molar refractivity (Wildman–Crippen MR) is 98.7 cm³/mol. The summed E-state index contributed by atoms with van der Waals surface area (Å²) in [5.74, 6) is -0.0623. The van der Waals surface area contributed by atoms with Crippen molar-refractivity contribution in [3.63, 3.8) is 0 Å². The van der Waals surface area contributed by atoms with E-state index in [1.807, 2.05) is 6.92 Å². The quantitative estimate of drug-likeness (QED) is 0.836. The van der Waals surface area contributed by atoms with Crippen molar-refractivity contribution in [3.05, 3.63) is 53.1 Å². The number of aromatic nitrogens is 2. The number of nitrogens with one attached hydrogen (secondary N) is 1. The first-order chi connectivity index (χ1) is 12.4. The van der Waals surface area contributed by atoms with Crippen molar-refractivity contribution in [3.8, 4) is 0 Å². The highest BCUT2D eigenvalue weighted by Gasteiger charge is 2.16. The maximum atomic E-state index is 13.2. The van der Waals surface area contributed by atoms with Crippen molar-refractivity contribution in [2.45, 2.75) is 38.5 Å². The topological polar surface area (TPSA) is 75.2 Å². The first kappa shape index (κ1) is 18.7. The summed E-state index contributed by atoms with van der Waals surface area (Å²) in [6, 6.07) is 7.38. The summed E-state index contributed by atoms with van der Waals surface area (Å²) in [6.45, 7) is 3.81. The highest BCUT2D eigenvalue weighted by molar-refractivity contribution is 7.88. The van der Waals surface area contributed by atoms with E-state index in [9.17, 15) is 12.8 Å². The third kappa shape index (κ3) is 5.22. The van der Waals surface area contributed by atoms with Crippen molar-refractivity contribution >= 4 is 16.0 Å². The minimum atomic E-state index is -3.59. The van der Waals surface area contributed by atoms with E-state index in [1.165, 1.54) is 24.6 Å². The van der Waals surface area contributed by atoms with Crippen LogP contribution >= 0.6 is 0 Å². The molecule has 8 heteroatoms. The molecule has 1 aromatic carbocycles. The van der Waals surface area contributed by atoms with Gasteiger partial charge in [-0.1, -0.05) is 12.1 Å². The zero-order valence-corrected chi connectivity index (χ0v) is 15.6. The monoisotopic (exact) mass is 378 g/mol. The van der Waals surface area contributed by atoms with Gasteiger partial charge in [-0.15, -0.1) is 0 Å². The summed E-state index contributed by atoms with van der Waals surface area (Å²) >= 11 is 0. The summed E-state index contributed by atoms with van der Waals surface area (Å²) in [5, 5.41) is 0. The van der Waals surface area contributed by atoms with Crippen LogP contribution in [0.15, 0.2) is 30.3 Å². The standard InChI is InChI=1S/C18H23FN4O2S/c1-14-10-17(22-18(21-14)23-8-3-2-4-9-23)12-20-26(24,25)13-15-6-5-7-16(19)11-15/h5-7,10-11,20H,2-4,8-9,12-13H2,1H3. The van der Waals surface area contributed by atoms with Crippen LogP contribution in [0, 0.1) is 12.7 Å². The van der Waals surface area contributed by atoms with Gasteiger partial charge in [0.2, 0.25) is 16.0 Å². The second-order valence-corrected chi connectivity index (χ2v) is 8.37. The van der Waals surface area contributed by atoms with Crippen LogP contribution in [0.25, 0.3) is 0 Å². The lowest BCUT2D eigenvalue weighted by Crippen LogP contribution is -2.32. The molecule has 0 amide bonds. The number of hydrogen-bond donors (Lipinski definition) is 1. The number of sulfonamides is 1. The minimum Gasteiger partial charge on any atom is -0.341 e. The van der Waals surface area contributed by atoms with E-state index in [2.05, 4.69) is 19.6 Å². The van der Waals surface area contributed by atoms with E-state index < -0.39 is 15.8 Å². The maximum Gasteiger partial charge on any atom is 0.225 e. The molecule has 140 valence electrons. The largest absolute Gasteiger partial charge is 0.341 e. The average molecular weight is 378 g/mol. The van der Waals surface area contributed by atoms with Gasteiger partial charge in [0.1, 0.15) is 5.82 Å². The van der Waals surface area contributed by atoms with Crippen LogP contribution in [0.2, 0.25) is 0 Å². The molecule has 1 aliphatic heterocycles. The van der Waals surface area contributed by atoms with E-state index in [4.69, 9.17) is 0 Å². The number of hydrogen-bond acceptors (Lipinski definition) is 5. The predicted octanol–water partition coefficient (Wildman–Crippen LogP) is 2.53. The molecule has 3 rings (SSSR count). The molecule has 0 aliphatic carbocycles. The van der Waals surface area contributed by atoms with Crippen LogP contribution in [0.5, 0.6) is 0 Å². The molecular formula is C18H23FN4O2S. The van der Waals surface area contributed by atoms with Crippen molar-refractivity contribution < 1.29 is 12.8 Å². The molecular weight excluding hydrogens is 355 g/mol. The molecule has 2 heterocycles. The summed E-state index contributed by atoms with van der Waals surface area (Å²) in [6.07, 6.45) is 3.45. The number of nitrogens with zero attached hydrogens (tertiary/aromatic N) is 3. The van der Waals surface area contributed by atoms with Gasteiger partial charge in [0, 0.05) is 18.8 Å². The Balaban J connectivity index is 1.67. The van der Waals surface area contributed by atoms with E-state index in [1.54, 1.807) is 12.1 Å². The molecule has 26 heavy (non-hydrogen) atoms. The summed E-state index contributed by atoms with van der Waals surface area (Å²) in [7, 11) is -3.59. The van der Waals surface area contributed by atoms with Crippen molar-refractivity contribution in [2.24, 2.45) is 0 Å². The molecule has 0 atom stereocenters. The number of benzene rings is 1. The van der Waals surface area contributed by atoms with Gasteiger partial charge in [-0.3, -0.25) is 0 Å². The van der Waals surface area contributed by atoms with Gasteiger partial charge in [0.15, 0.2) is 0 Å². The summed E-state index contributed by atoms with van der Waals surface area (Å²) < 4.78 is 40.3.